The summed E-state index contributed by atoms with van der Waals surface area (Å²) in [6.45, 7) is 7.44. The number of nitrogens with zero attached hydrogens (tertiary/aromatic N) is 3. The zero-order valence-electron chi connectivity index (χ0n) is 15.7. The van der Waals surface area contributed by atoms with E-state index >= 15 is 0 Å². The summed E-state index contributed by atoms with van der Waals surface area (Å²) in [6, 6.07) is 0.365. The van der Waals surface area contributed by atoms with Crippen LogP contribution in [0.25, 0.3) is 0 Å². The highest BCUT2D eigenvalue weighted by atomic mass is 16.2. The molecular weight excluding hydrogens is 320 g/mol. The Kier molecular flexibility index (Phi) is 6.21. The van der Waals surface area contributed by atoms with Crippen molar-refractivity contribution >= 4 is 11.6 Å². The Hall–Kier alpha value is -1.89. The van der Waals surface area contributed by atoms with Crippen LogP contribution in [0.3, 0.4) is 0 Å². The quantitative estimate of drug-likeness (QED) is 0.780. The first-order valence-corrected chi connectivity index (χ1v) is 9.14. The van der Waals surface area contributed by atoms with Crippen molar-refractivity contribution in [2.24, 2.45) is 13.0 Å². The van der Waals surface area contributed by atoms with Gasteiger partial charge in [-0.1, -0.05) is 27.2 Å². The molecular formula is C18H30N4O3. The van der Waals surface area contributed by atoms with Crippen molar-refractivity contribution in [1.29, 1.82) is 0 Å². The smallest absolute Gasteiger partial charge is 0.332 e. The molecule has 0 bridgehead atoms. The molecule has 25 heavy (non-hydrogen) atoms. The molecule has 0 aliphatic carbocycles. The maximum atomic E-state index is 12.9. The van der Waals surface area contributed by atoms with Crippen molar-refractivity contribution in [3.05, 3.63) is 26.4 Å². The van der Waals surface area contributed by atoms with E-state index in [1.807, 2.05) is 13.8 Å². The second-order valence-electron chi connectivity index (χ2n) is 7.36. The average molecular weight is 350 g/mol. The maximum Gasteiger partial charge on any atom is 0.332 e. The van der Waals surface area contributed by atoms with E-state index in [0.717, 1.165) is 30.4 Å². The predicted molar refractivity (Wildman–Crippen MR) is 99.0 cm³/mol. The molecule has 0 amide bonds. The van der Waals surface area contributed by atoms with Gasteiger partial charge in [0.15, 0.2) is 5.78 Å². The van der Waals surface area contributed by atoms with Gasteiger partial charge in [-0.05, 0) is 31.7 Å². The summed E-state index contributed by atoms with van der Waals surface area (Å²) in [4.78, 5) is 39.9. The molecule has 2 heterocycles. The van der Waals surface area contributed by atoms with Crippen LogP contribution < -0.4 is 17.0 Å². The minimum atomic E-state index is -0.599. The van der Waals surface area contributed by atoms with Gasteiger partial charge in [-0.15, -0.1) is 0 Å². The van der Waals surface area contributed by atoms with E-state index in [1.54, 1.807) is 0 Å². The van der Waals surface area contributed by atoms with Crippen molar-refractivity contribution in [2.75, 3.05) is 18.8 Å². The largest absolute Gasteiger partial charge is 0.384 e. The molecule has 1 atom stereocenters. The second-order valence-corrected chi connectivity index (χ2v) is 7.36. The van der Waals surface area contributed by atoms with Crippen molar-refractivity contribution in [2.45, 2.75) is 59.0 Å². The molecule has 1 unspecified atom stereocenters. The predicted octanol–water partition coefficient (Wildman–Crippen LogP) is 1.23. The summed E-state index contributed by atoms with van der Waals surface area (Å²) in [5.74, 6) is -0.125. The van der Waals surface area contributed by atoms with Crippen molar-refractivity contribution in [3.8, 4) is 0 Å². The monoisotopic (exact) mass is 350 g/mol. The highest BCUT2D eigenvalue weighted by molar-refractivity contribution is 6.01. The van der Waals surface area contributed by atoms with Gasteiger partial charge in [-0.3, -0.25) is 23.6 Å². The number of aromatic nitrogens is 2. The number of ketones is 1. The lowest BCUT2D eigenvalue weighted by Crippen LogP contribution is -2.46. The van der Waals surface area contributed by atoms with E-state index in [-0.39, 0.29) is 29.6 Å². The zero-order valence-corrected chi connectivity index (χ0v) is 15.7. The van der Waals surface area contributed by atoms with Crippen LogP contribution >= 0.6 is 0 Å². The fraction of sp³-hybridized carbons (Fsp3) is 0.722. The normalized spacial score (nSPS) is 18.7. The molecule has 1 aliphatic heterocycles. The van der Waals surface area contributed by atoms with Crippen LogP contribution in [0.5, 0.6) is 0 Å². The summed E-state index contributed by atoms with van der Waals surface area (Å²) >= 11 is 0. The Labute approximate surface area is 148 Å². The van der Waals surface area contributed by atoms with Crippen LogP contribution in [-0.2, 0) is 13.6 Å². The van der Waals surface area contributed by atoms with Crippen molar-refractivity contribution in [3.63, 3.8) is 0 Å². The van der Waals surface area contributed by atoms with Gasteiger partial charge in [0.1, 0.15) is 11.4 Å². The van der Waals surface area contributed by atoms with Gasteiger partial charge in [0.25, 0.3) is 5.56 Å². The third-order valence-electron chi connectivity index (χ3n) is 4.98. The number of nitrogen functional groups attached to an aromatic ring is 1. The summed E-state index contributed by atoms with van der Waals surface area (Å²) < 4.78 is 2.33. The molecule has 1 aromatic heterocycles. The van der Waals surface area contributed by atoms with Gasteiger partial charge in [0, 0.05) is 19.6 Å². The van der Waals surface area contributed by atoms with E-state index in [4.69, 9.17) is 5.73 Å². The van der Waals surface area contributed by atoms with E-state index in [1.165, 1.54) is 18.0 Å². The number of hydrogen-bond donors (Lipinski definition) is 1. The standard InChI is InChI=1S/C18H30N4O3/c1-5-13-8-6-7-9-21(13)11-14(23)15-16(19)22(10-12(2)3)18(25)20(4)17(15)24/h12-13H,5-11,19H2,1-4H3. The highest BCUT2D eigenvalue weighted by Gasteiger charge is 2.27. The van der Waals surface area contributed by atoms with Crippen molar-refractivity contribution in [1.82, 2.24) is 14.0 Å². The average Bonchev–Trinajstić information content (AvgIpc) is 2.57. The van der Waals surface area contributed by atoms with Crippen molar-refractivity contribution < 1.29 is 4.79 Å². The molecule has 2 rings (SSSR count). The number of anilines is 1. The molecule has 1 aromatic rings. The Bertz CT molecular complexity index is 748. The second kappa shape index (κ2) is 7.99. The lowest BCUT2D eigenvalue weighted by Gasteiger charge is -2.34. The van der Waals surface area contributed by atoms with Crippen LogP contribution in [-0.4, -0.2) is 38.9 Å². The van der Waals surface area contributed by atoms with E-state index < -0.39 is 11.2 Å². The Morgan fingerprint density at radius 3 is 2.56 bits per heavy atom. The van der Waals surface area contributed by atoms with Gasteiger partial charge in [0.2, 0.25) is 0 Å². The SMILES string of the molecule is CCC1CCCCN1CC(=O)c1c(N)n(CC(C)C)c(=O)n(C)c1=O. The van der Waals surface area contributed by atoms with E-state index in [0.29, 0.717) is 12.6 Å². The minimum Gasteiger partial charge on any atom is -0.384 e. The maximum absolute atomic E-state index is 12.9. The molecule has 7 heteroatoms. The topological polar surface area (TPSA) is 90.3 Å². The molecule has 140 valence electrons. The highest BCUT2D eigenvalue weighted by Crippen LogP contribution is 2.20. The van der Waals surface area contributed by atoms with Crippen LogP contribution in [0.4, 0.5) is 5.82 Å². The molecule has 7 nitrogen and oxygen atoms in total. The first kappa shape index (κ1) is 19.4. The number of hydrogen-bond acceptors (Lipinski definition) is 5. The summed E-state index contributed by atoms with van der Waals surface area (Å²) in [5.41, 5.74) is 4.96. The third kappa shape index (κ3) is 4.03. The van der Waals surface area contributed by atoms with Gasteiger partial charge >= 0.3 is 5.69 Å². The fourth-order valence-corrected chi connectivity index (χ4v) is 3.58. The molecule has 1 fully saturated rings. The Morgan fingerprint density at radius 2 is 1.96 bits per heavy atom. The van der Waals surface area contributed by atoms with Crippen LogP contribution in [0.1, 0.15) is 56.8 Å². The van der Waals surface area contributed by atoms with E-state index in [2.05, 4.69) is 11.8 Å². The molecule has 0 aromatic carbocycles. The number of nitrogens with two attached hydrogens (primary N) is 1. The van der Waals surface area contributed by atoms with Crippen LogP contribution in [0.15, 0.2) is 9.59 Å². The summed E-state index contributed by atoms with van der Waals surface area (Å²) in [5, 5.41) is 0. The lowest BCUT2D eigenvalue weighted by atomic mass is 9.99. The molecule has 2 N–H and O–H groups in total. The van der Waals surface area contributed by atoms with Gasteiger partial charge in [-0.25, -0.2) is 4.79 Å². The van der Waals surface area contributed by atoms with E-state index in [9.17, 15) is 14.4 Å². The number of rotatable bonds is 6. The van der Waals surface area contributed by atoms with Gasteiger partial charge < -0.3 is 5.73 Å². The number of likely N-dealkylation sites (tertiary alicyclic amines) is 1. The lowest BCUT2D eigenvalue weighted by molar-refractivity contribution is 0.0836. The Balaban J connectivity index is 2.40. The fourth-order valence-electron chi connectivity index (χ4n) is 3.58. The molecule has 0 radical (unpaired) electrons. The molecule has 1 aliphatic rings. The van der Waals surface area contributed by atoms with Gasteiger partial charge in [0.05, 0.1) is 6.54 Å². The number of carbonyl (C=O) groups is 1. The van der Waals surface area contributed by atoms with Gasteiger partial charge in [-0.2, -0.15) is 0 Å². The number of piperidine rings is 1. The zero-order chi connectivity index (χ0) is 18.7. The first-order chi connectivity index (χ1) is 11.8. The molecule has 1 saturated heterocycles. The summed E-state index contributed by atoms with van der Waals surface area (Å²) in [7, 11) is 1.40. The molecule has 0 saturated carbocycles. The van der Waals surface area contributed by atoms with Crippen LogP contribution in [0.2, 0.25) is 0 Å². The van der Waals surface area contributed by atoms with Crippen LogP contribution in [0, 0.1) is 5.92 Å². The Morgan fingerprint density at radius 1 is 1.28 bits per heavy atom. The molecule has 0 spiro atoms. The minimum absolute atomic E-state index is 0.00291. The number of carbonyl (C=O) groups excluding carboxylic acids is 1. The first-order valence-electron chi connectivity index (χ1n) is 9.14. The summed E-state index contributed by atoms with van der Waals surface area (Å²) in [6.07, 6.45) is 4.29. The third-order valence-corrected chi connectivity index (χ3v) is 4.98. The number of Topliss-reactive ketones (excluding diaryl/α,β-unsaturated/α-hetero) is 1.